The van der Waals surface area contributed by atoms with Crippen LogP contribution in [-0.2, 0) is 6.54 Å². The maximum atomic E-state index is 12.9. The zero-order chi connectivity index (χ0) is 17.8. The molecule has 2 aromatic rings. The summed E-state index contributed by atoms with van der Waals surface area (Å²) < 4.78 is 7.26. The molecule has 6 nitrogen and oxygen atoms in total. The molecule has 1 saturated heterocycles. The first-order valence-electron chi connectivity index (χ1n) is 8.63. The van der Waals surface area contributed by atoms with Gasteiger partial charge in [0.2, 0.25) is 5.88 Å². The van der Waals surface area contributed by atoms with E-state index in [4.69, 9.17) is 16.3 Å². The SMILES string of the molecule is CCOc1nn(CC)cc1C(=O)N1CCN(c2ccccc2Cl)CC1. The minimum atomic E-state index is -0.0260. The standard InChI is InChI=1S/C18H23ClN4O2/c1-3-23-13-14(17(20-23)25-4-2)18(24)22-11-9-21(10-12-22)16-8-6-5-7-15(16)19/h5-8,13H,3-4,9-12H2,1-2H3. The van der Waals surface area contributed by atoms with Gasteiger partial charge in [0.05, 0.1) is 17.3 Å². The van der Waals surface area contributed by atoms with E-state index in [1.54, 1.807) is 10.9 Å². The molecule has 0 atom stereocenters. The topological polar surface area (TPSA) is 50.6 Å². The molecule has 0 bridgehead atoms. The van der Waals surface area contributed by atoms with Crippen LogP contribution in [-0.4, -0.2) is 53.4 Å². The van der Waals surface area contributed by atoms with Crippen LogP contribution >= 0.6 is 11.6 Å². The fourth-order valence-electron chi connectivity index (χ4n) is 2.98. The van der Waals surface area contributed by atoms with E-state index in [-0.39, 0.29) is 5.91 Å². The van der Waals surface area contributed by atoms with Crippen molar-refractivity contribution < 1.29 is 9.53 Å². The Morgan fingerprint density at radius 1 is 1.20 bits per heavy atom. The first kappa shape index (κ1) is 17.6. The number of carbonyl (C=O) groups excluding carboxylic acids is 1. The number of halogens is 1. The largest absolute Gasteiger partial charge is 0.476 e. The number of para-hydroxylation sites is 1. The Bertz CT molecular complexity index is 738. The van der Waals surface area contributed by atoms with Gasteiger partial charge in [-0.15, -0.1) is 5.10 Å². The summed E-state index contributed by atoms with van der Waals surface area (Å²) in [7, 11) is 0. The average molecular weight is 363 g/mol. The lowest BCUT2D eigenvalue weighted by molar-refractivity contribution is 0.0742. The predicted molar refractivity (Wildman–Crippen MR) is 98.6 cm³/mol. The van der Waals surface area contributed by atoms with Gasteiger partial charge in [-0.1, -0.05) is 23.7 Å². The zero-order valence-electron chi connectivity index (χ0n) is 14.6. The van der Waals surface area contributed by atoms with E-state index in [1.807, 2.05) is 43.0 Å². The van der Waals surface area contributed by atoms with Crippen molar-refractivity contribution in [1.82, 2.24) is 14.7 Å². The summed E-state index contributed by atoms with van der Waals surface area (Å²) in [5, 5.41) is 5.07. The van der Waals surface area contributed by atoms with Gasteiger partial charge in [-0.3, -0.25) is 9.48 Å². The Morgan fingerprint density at radius 3 is 2.56 bits per heavy atom. The molecule has 134 valence electrons. The van der Waals surface area contributed by atoms with Crippen LogP contribution in [0.4, 0.5) is 5.69 Å². The molecular formula is C18H23ClN4O2. The third-order valence-corrected chi connectivity index (χ3v) is 4.64. The second-order valence-electron chi connectivity index (χ2n) is 5.87. The normalized spacial score (nSPS) is 14.7. The highest BCUT2D eigenvalue weighted by Crippen LogP contribution is 2.27. The second-order valence-corrected chi connectivity index (χ2v) is 6.27. The average Bonchev–Trinajstić information content (AvgIpc) is 3.05. The molecule has 1 aliphatic heterocycles. The zero-order valence-corrected chi connectivity index (χ0v) is 15.4. The Labute approximate surface area is 152 Å². The molecule has 0 spiro atoms. The number of nitrogens with zero attached hydrogens (tertiary/aromatic N) is 4. The van der Waals surface area contributed by atoms with Gasteiger partial charge in [-0.25, -0.2) is 0 Å². The summed E-state index contributed by atoms with van der Waals surface area (Å²) in [6.07, 6.45) is 1.77. The molecule has 7 heteroatoms. The molecular weight excluding hydrogens is 340 g/mol. The number of ether oxygens (including phenoxy) is 1. The number of piperazine rings is 1. The lowest BCUT2D eigenvalue weighted by Gasteiger charge is -2.36. The van der Waals surface area contributed by atoms with Gasteiger partial charge in [-0.2, -0.15) is 0 Å². The van der Waals surface area contributed by atoms with E-state index in [0.29, 0.717) is 37.7 Å². The lowest BCUT2D eigenvalue weighted by atomic mass is 10.2. The highest BCUT2D eigenvalue weighted by Gasteiger charge is 2.27. The lowest BCUT2D eigenvalue weighted by Crippen LogP contribution is -2.48. The summed E-state index contributed by atoms with van der Waals surface area (Å²) in [6, 6.07) is 7.80. The van der Waals surface area contributed by atoms with E-state index >= 15 is 0 Å². The van der Waals surface area contributed by atoms with Crippen molar-refractivity contribution in [2.24, 2.45) is 0 Å². The van der Waals surface area contributed by atoms with Crippen molar-refractivity contribution in [1.29, 1.82) is 0 Å². The highest BCUT2D eigenvalue weighted by atomic mass is 35.5. The molecule has 0 N–H and O–H groups in total. The predicted octanol–water partition coefficient (Wildman–Crippen LogP) is 2.92. The molecule has 25 heavy (non-hydrogen) atoms. The van der Waals surface area contributed by atoms with Crippen LogP contribution in [0.5, 0.6) is 5.88 Å². The molecule has 0 saturated carbocycles. The number of aromatic nitrogens is 2. The molecule has 2 heterocycles. The minimum absolute atomic E-state index is 0.0260. The van der Waals surface area contributed by atoms with Gasteiger partial charge in [0.15, 0.2) is 0 Å². The van der Waals surface area contributed by atoms with Crippen LogP contribution in [0.25, 0.3) is 0 Å². The molecule has 1 amide bonds. The third-order valence-electron chi connectivity index (χ3n) is 4.32. The Morgan fingerprint density at radius 2 is 1.92 bits per heavy atom. The number of aryl methyl sites for hydroxylation is 1. The first-order chi connectivity index (χ1) is 12.1. The smallest absolute Gasteiger partial charge is 0.261 e. The molecule has 1 fully saturated rings. The van der Waals surface area contributed by atoms with Crippen molar-refractivity contribution in [3.8, 4) is 5.88 Å². The summed E-state index contributed by atoms with van der Waals surface area (Å²) in [5.41, 5.74) is 1.56. The molecule has 1 aromatic heterocycles. The Kier molecular flexibility index (Phi) is 5.48. The number of benzene rings is 1. The van der Waals surface area contributed by atoms with E-state index in [9.17, 15) is 4.79 Å². The van der Waals surface area contributed by atoms with Gasteiger partial charge < -0.3 is 14.5 Å². The van der Waals surface area contributed by atoms with Crippen LogP contribution in [0.2, 0.25) is 5.02 Å². The van der Waals surface area contributed by atoms with Crippen LogP contribution < -0.4 is 9.64 Å². The summed E-state index contributed by atoms with van der Waals surface area (Å²) in [5.74, 6) is 0.393. The number of carbonyl (C=O) groups is 1. The van der Waals surface area contributed by atoms with Crippen LogP contribution in [0.3, 0.4) is 0 Å². The van der Waals surface area contributed by atoms with Crippen molar-refractivity contribution in [3.63, 3.8) is 0 Å². The molecule has 3 rings (SSSR count). The van der Waals surface area contributed by atoms with Gasteiger partial charge in [0.25, 0.3) is 5.91 Å². The highest BCUT2D eigenvalue weighted by molar-refractivity contribution is 6.33. The third kappa shape index (κ3) is 3.74. The summed E-state index contributed by atoms with van der Waals surface area (Å²) in [4.78, 5) is 17.0. The monoisotopic (exact) mass is 362 g/mol. The van der Waals surface area contributed by atoms with Crippen LogP contribution in [0.15, 0.2) is 30.5 Å². The number of rotatable bonds is 5. The molecule has 1 aliphatic rings. The summed E-state index contributed by atoms with van der Waals surface area (Å²) >= 11 is 6.28. The minimum Gasteiger partial charge on any atom is -0.476 e. The van der Waals surface area contributed by atoms with E-state index in [1.165, 1.54) is 0 Å². The van der Waals surface area contributed by atoms with Gasteiger partial charge >= 0.3 is 0 Å². The van der Waals surface area contributed by atoms with Gasteiger partial charge in [0, 0.05) is 38.9 Å². The molecule has 1 aromatic carbocycles. The van der Waals surface area contributed by atoms with Gasteiger partial charge in [0.1, 0.15) is 5.56 Å². The molecule has 0 aliphatic carbocycles. The van der Waals surface area contributed by atoms with Crippen molar-refractivity contribution >= 4 is 23.2 Å². The number of amides is 1. The second kappa shape index (κ2) is 7.78. The maximum absolute atomic E-state index is 12.9. The van der Waals surface area contributed by atoms with Crippen molar-refractivity contribution in [3.05, 3.63) is 41.0 Å². The number of hydrogen-bond donors (Lipinski definition) is 0. The van der Waals surface area contributed by atoms with Crippen LogP contribution in [0, 0.1) is 0 Å². The maximum Gasteiger partial charge on any atom is 0.261 e. The quantitative estimate of drug-likeness (QED) is 0.820. The number of hydrogen-bond acceptors (Lipinski definition) is 4. The summed E-state index contributed by atoms with van der Waals surface area (Å²) in [6.45, 7) is 7.86. The molecule has 0 radical (unpaired) electrons. The Balaban J connectivity index is 1.70. The van der Waals surface area contributed by atoms with Crippen LogP contribution in [0.1, 0.15) is 24.2 Å². The van der Waals surface area contributed by atoms with E-state index in [2.05, 4.69) is 10.00 Å². The van der Waals surface area contributed by atoms with Gasteiger partial charge in [-0.05, 0) is 26.0 Å². The van der Waals surface area contributed by atoms with E-state index < -0.39 is 0 Å². The molecule has 0 unspecified atom stereocenters. The fraction of sp³-hybridized carbons (Fsp3) is 0.444. The number of anilines is 1. The van der Waals surface area contributed by atoms with Crippen molar-refractivity contribution in [2.45, 2.75) is 20.4 Å². The fourth-order valence-corrected chi connectivity index (χ4v) is 3.24. The van der Waals surface area contributed by atoms with Crippen molar-refractivity contribution in [2.75, 3.05) is 37.7 Å². The van der Waals surface area contributed by atoms with E-state index in [0.717, 1.165) is 23.8 Å². The Hall–Kier alpha value is -2.21. The first-order valence-corrected chi connectivity index (χ1v) is 9.00.